The molecule has 0 aliphatic rings. The Kier molecular flexibility index (Phi) is 1.42. The van der Waals surface area contributed by atoms with Crippen LogP contribution in [-0.2, 0) is 0 Å². The third-order valence-electron chi connectivity index (χ3n) is 1.03. The number of rotatable bonds is 1. The van der Waals surface area contributed by atoms with Crippen LogP contribution in [0.15, 0.2) is 12.3 Å². The molecule has 0 amide bonds. The van der Waals surface area contributed by atoms with Crippen molar-refractivity contribution in [1.82, 2.24) is 4.98 Å². The van der Waals surface area contributed by atoms with Crippen LogP contribution in [0.2, 0.25) is 0 Å². The van der Waals surface area contributed by atoms with Crippen LogP contribution in [0.1, 0.15) is 5.56 Å². The molecule has 0 aliphatic heterocycles. The minimum Gasteiger partial charge on any atom is -0.344 e. The third kappa shape index (κ3) is 1.22. The Balaban J connectivity index is 2.85. The summed E-state index contributed by atoms with van der Waals surface area (Å²) in [4.78, 5) is 2.63. The van der Waals surface area contributed by atoms with Crippen LogP contribution in [0.4, 0.5) is 5.82 Å². The number of nitrogens with one attached hydrogen (secondary N) is 1. The van der Waals surface area contributed by atoms with Crippen molar-refractivity contribution in [3.63, 3.8) is 0 Å². The number of hydrogen-bond acceptors (Lipinski definition) is 3. The van der Waals surface area contributed by atoms with E-state index in [1.165, 1.54) is 0 Å². The highest BCUT2D eigenvalue weighted by atomic mass is 16.8. The van der Waals surface area contributed by atoms with E-state index in [2.05, 4.69) is 4.98 Å². The van der Waals surface area contributed by atoms with Crippen molar-refractivity contribution < 1.29 is 10.4 Å². The van der Waals surface area contributed by atoms with E-state index in [0.717, 1.165) is 5.56 Å². The fourth-order valence-corrected chi connectivity index (χ4v) is 0.602. The summed E-state index contributed by atoms with van der Waals surface area (Å²) in [6.07, 6.45) is 1.68. The lowest BCUT2D eigenvalue weighted by Gasteiger charge is -2.01. The first-order valence-corrected chi connectivity index (χ1v) is 2.53. The highest BCUT2D eigenvalue weighted by molar-refractivity contribution is 5.35. The van der Waals surface area contributed by atoms with Crippen LogP contribution in [0.25, 0.3) is 0 Å². The summed E-state index contributed by atoms with van der Waals surface area (Å²) in [7, 11) is 0. The van der Waals surface area contributed by atoms with Crippen LogP contribution >= 0.6 is 0 Å². The molecule has 4 nitrogen and oxygen atoms in total. The van der Waals surface area contributed by atoms with Crippen molar-refractivity contribution >= 4 is 5.82 Å². The zero-order chi connectivity index (χ0) is 6.85. The van der Waals surface area contributed by atoms with Crippen molar-refractivity contribution in [1.29, 1.82) is 0 Å². The molecular weight excluding hydrogens is 120 g/mol. The first kappa shape index (κ1) is 6.12. The number of H-pyrrole nitrogens is 1. The van der Waals surface area contributed by atoms with Gasteiger partial charge in [0.25, 0.3) is 0 Å². The van der Waals surface area contributed by atoms with Gasteiger partial charge in [0.2, 0.25) is 0 Å². The molecule has 1 rings (SSSR count). The summed E-state index contributed by atoms with van der Waals surface area (Å²) in [5, 5.41) is 16.8. The molecule has 0 radical (unpaired) electrons. The molecule has 9 heavy (non-hydrogen) atoms. The van der Waals surface area contributed by atoms with E-state index in [9.17, 15) is 0 Å². The normalized spacial score (nSPS) is 9.67. The maximum absolute atomic E-state index is 8.39. The highest BCUT2D eigenvalue weighted by Crippen LogP contribution is 2.08. The van der Waals surface area contributed by atoms with Gasteiger partial charge in [0.05, 0.1) is 0 Å². The first-order valence-electron chi connectivity index (χ1n) is 2.53. The summed E-state index contributed by atoms with van der Waals surface area (Å²) in [5.41, 5.74) is 0.957. The van der Waals surface area contributed by atoms with Crippen molar-refractivity contribution in [3.05, 3.63) is 17.8 Å². The lowest BCUT2D eigenvalue weighted by atomic mass is 10.4. The fourth-order valence-electron chi connectivity index (χ4n) is 0.602. The standard InChI is InChI=1S/C5H8N2O2/c1-4-2-5(6-3-4)7(8)9/h2-3,6,8-9H,1H3. The highest BCUT2D eigenvalue weighted by Gasteiger charge is 1.98. The van der Waals surface area contributed by atoms with Crippen molar-refractivity contribution in [3.8, 4) is 0 Å². The summed E-state index contributed by atoms with van der Waals surface area (Å²) in [5.74, 6) is 0.271. The van der Waals surface area contributed by atoms with Crippen molar-refractivity contribution in [2.75, 3.05) is 5.23 Å². The molecule has 1 heterocycles. The van der Waals surface area contributed by atoms with Gasteiger partial charge in [-0.2, -0.15) is 0 Å². The molecule has 0 bridgehead atoms. The average Bonchev–Trinajstić information content (AvgIpc) is 2.14. The van der Waals surface area contributed by atoms with Crippen molar-refractivity contribution in [2.45, 2.75) is 6.92 Å². The Morgan fingerprint density at radius 1 is 1.56 bits per heavy atom. The molecular formula is C5H8N2O2. The minimum absolute atomic E-state index is 0.0486. The van der Waals surface area contributed by atoms with Crippen molar-refractivity contribution in [2.24, 2.45) is 0 Å². The summed E-state index contributed by atoms with van der Waals surface area (Å²) < 4.78 is 0. The minimum atomic E-state index is 0.0486. The van der Waals surface area contributed by atoms with E-state index >= 15 is 0 Å². The molecule has 4 heteroatoms. The van der Waals surface area contributed by atoms with Crippen LogP contribution in [-0.4, -0.2) is 15.4 Å². The van der Waals surface area contributed by atoms with Gasteiger partial charge in [0.1, 0.15) is 0 Å². The van der Waals surface area contributed by atoms with Gasteiger partial charge in [-0.25, -0.2) is 0 Å². The lowest BCUT2D eigenvalue weighted by molar-refractivity contribution is 0.0270. The molecule has 0 saturated carbocycles. The second-order valence-corrected chi connectivity index (χ2v) is 1.85. The van der Waals surface area contributed by atoms with Crippen LogP contribution in [0.5, 0.6) is 0 Å². The summed E-state index contributed by atoms with van der Waals surface area (Å²) >= 11 is 0. The van der Waals surface area contributed by atoms with Gasteiger partial charge in [-0.15, -0.1) is 5.23 Å². The predicted molar refractivity (Wildman–Crippen MR) is 31.6 cm³/mol. The monoisotopic (exact) mass is 128 g/mol. The quantitative estimate of drug-likeness (QED) is 0.492. The van der Waals surface area contributed by atoms with E-state index in [1.54, 1.807) is 12.3 Å². The summed E-state index contributed by atoms with van der Waals surface area (Å²) in [6, 6.07) is 1.61. The number of hydrogen-bond donors (Lipinski definition) is 3. The van der Waals surface area contributed by atoms with Gasteiger partial charge in [-0.3, -0.25) is 10.4 Å². The Bertz CT molecular complexity index is 195. The smallest absolute Gasteiger partial charge is 0.161 e. The van der Waals surface area contributed by atoms with E-state index in [0.29, 0.717) is 0 Å². The average molecular weight is 128 g/mol. The first-order chi connectivity index (χ1) is 4.20. The maximum atomic E-state index is 8.39. The van der Waals surface area contributed by atoms with E-state index < -0.39 is 0 Å². The molecule has 3 N–H and O–H groups in total. The molecule has 1 aromatic rings. The number of anilines is 1. The van der Waals surface area contributed by atoms with Gasteiger partial charge >= 0.3 is 0 Å². The number of nitrogens with zero attached hydrogens (tertiary/aromatic N) is 1. The molecule has 0 unspecified atom stereocenters. The fraction of sp³-hybridized carbons (Fsp3) is 0.200. The second-order valence-electron chi connectivity index (χ2n) is 1.85. The molecule has 0 atom stereocenters. The zero-order valence-electron chi connectivity index (χ0n) is 5.00. The Hall–Kier alpha value is -1.00. The predicted octanol–water partition coefficient (Wildman–Crippen LogP) is 0.908. The van der Waals surface area contributed by atoms with Crippen LogP contribution in [0, 0.1) is 6.92 Å². The number of aryl methyl sites for hydroxylation is 1. The lowest BCUT2D eigenvalue weighted by Crippen LogP contribution is -2.10. The molecule has 1 aromatic heterocycles. The van der Waals surface area contributed by atoms with Crippen LogP contribution < -0.4 is 5.23 Å². The van der Waals surface area contributed by atoms with Gasteiger partial charge in [-0.05, 0) is 18.6 Å². The Morgan fingerprint density at radius 2 is 2.22 bits per heavy atom. The molecule has 0 fully saturated rings. The van der Waals surface area contributed by atoms with Gasteiger partial charge in [0.15, 0.2) is 5.82 Å². The second kappa shape index (κ2) is 2.08. The zero-order valence-corrected chi connectivity index (χ0v) is 5.00. The molecule has 0 saturated heterocycles. The number of aromatic amines is 1. The SMILES string of the molecule is Cc1c[nH]c(N(O)O)c1. The van der Waals surface area contributed by atoms with Gasteiger partial charge < -0.3 is 4.98 Å². The third-order valence-corrected chi connectivity index (χ3v) is 1.03. The molecule has 0 aromatic carbocycles. The Morgan fingerprint density at radius 3 is 2.44 bits per heavy atom. The van der Waals surface area contributed by atoms with Crippen LogP contribution in [0.3, 0.4) is 0 Å². The molecule has 0 spiro atoms. The number of aromatic nitrogens is 1. The van der Waals surface area contributed by atoms with E-state index in [-0.39, 0.29) is 11.0 Å². The van der Waals surface area contributed by atoms with E-state index in [1.807, 2.05) is 6.92 Å². The topological polar surface area (TPSA) is 59.5 Å². The van der Waals surface area contributed by atoms with Gasteiger partial charge in [-0.1, -0.05) is 0 Å². The largest absolute Gasteiger partial charge is 0.344 e. The van der Waals surface area contributed by atoms with Gasteiger partial charge in [0, 0.05) is 6.20 Å². The van der Waals surface area contributed by atoms with E-state index in [4.69, 9.17) is 10.4 Å². The Labute approximate surface area is 52.3 Å². The summed E-state index contributed by atoms with van der Waals surface area (Å²) in [6.45, 7) is 1.85. The molecule has 0 aliphatic carbocycles. The maximum Gasteiger partial charge on any atom is 0.161 e. The molecule has 50 valence electrons.